The smallest absolute Gasteiger partial charge is 0.282 e. The van der Waals surface area contributed by atoms with Crippen LogP contribution in [0.2, 0.25) is 0 Å². The van der Waals surface area contributed by atoms with Crippen molar-refractivity contribution in [2.75, 3.05) is 10.2 Å². The molecule has 3 aromatic carbocycles. The molecule has 3 aromatic rings. The number of benzene rings is 3. The third-order valence-electron chi connectivity index (χ3n) is 4.63. The lowest BCUT2D eigenvalue weighted by Gasteiger charge is -2.15. The van der Waals surface area contributed by atoms with Crippen LogP contribution in [0, 0.1) is 18.6 Å². The third-order valence-corrected chi connectivity index (χ3v) is 4.63. The highest BCUT2D eigenvalue weighted by Gasteiger charge is 2.40. The van der Waals surface area contributed by atoms with Crippen LogP contribution in [0.3, 0.4) is 0 Å². The molecule has 1 aliphatic heterocycles. The van der Waals surface area contributed by atoms with Crippen LogP contribution in [0.15, 0.2) is 78.5 Å². The molecule has 144 valence electrons. The number of carbonyl (C=O) groups is 2. The molecule has 1 heterocycles. The van der Waals surface area contributed by atoms with Crippen molar-refractivity contribution >= 4 is 28.8 Å². The molecule has 4 nitrogen and oxygen atoms in total. The van der Waals surface area contributed by atoms with Gasteiger partial charge in [-0.05, 0) is 36.8 Å². The maximum atomic E-state index is 13.6. The zero-order valence-corrected chi connectivity index (χ0v) is 15.4. The van der Waals surface area contributed by atoms with Gasteiger partial charge in [0, 0.05) is 11.8 Å². The van der Waals surface area contributed by atoms with Crippen LogP contribution in [0.4, 0.5) is 20.2 Å². The van der Waals surface area contributed by atoms with Crippen LogP contribution in [-0.2, 0) is 9.59 Å². The van der Waals surface area contributed by atoms with Crippen molar-refractivity contribution in [1.29, 1.82) is 0 Å². The Morgan fingerprint density at radius 2 is 1.48 bits per heavy atom. The lowest BCUT2D eigenvalue weighted by atomic mass is 10.0. The molecule has 0 fully saturated rings. The van der Waals surface area contributed by atoms with Crippen molar-refractivity contribution in [1.82, 2.24) is 0 Å². The van der Waals surface area contributed by atoms with E-state index in [1.54, 1.807) is 54.6 Å². The second-order valence-electron chi connectivity index (χ2n) is 6.65. The normalized spacial score (nSPS) is 14.0. The summed E-state index contributed by atoms with van der Waals surface area (Å²) >= 11 is 0. The van der Waals surface area contributed by atoms with Gasteiger partial charge in [-0.25, -0.2) is 13.7 Å². The van der Waals surface area contributed by atoms with Gasteiger partial charge in [-0.2, -0.15) is 0 Å². The Hall–Kier alpha value is -3.80. The third kappa shape index (κ3) is 3.40. The van der Waals surface area contributed by atoms with E-state index in [0.29, 0.717) is 11.3 Å². The first-order valence-corrected chi connectivity index (χ1v) is 8.93. The number of nitrogens with zero attached hydrogens (tertiary/aromatic N) is 1. The molecule has 4 rings (SSSR count). The first-order valence-electron chi connectivity index (χ1n) is 8.93. The highest BCUT2D eigenvalue weighted by molar-refractivity contribution is 6.46. The van der Waals surface area contributed by atoms with Gasteiger partial charge in [0.1, 0.15) is 5.70 Å². The molecule has 0 spiro atoms. The number of anilines is 2. The zero-order valence-electron chi connectivity index (χ0n) is 15.4. The number of hydrogen-bond acceptors (Lipinski definition) is 3. The molecule has 0 saturated carbocycles. The van der Waals surface area contributed by atoms with Crippen LogP contribution in [0.1, 0.15) is 11.1 Å². The summed E-state index contributed by atoms with van der Waals surface area (Å²) in [5, 5.41) is 2.81. The minimum Gasteiger partial charge on any atom is -0.350 e. The van der Waals surface area contributed by atoms with E-state index in [0.717, 1.165) is 22.6 Å². The number of hydrogen-bond donors (Lipinski definition) is 1. The number of imide groups is 1. The van der Waals surface area contributed by atoms with Crippen LogP contribution in [0.5, 0.6) is 0 Å². The molecule has 2 amide bonds. The molecule has 0 atom stereocenters. The number of carbonyl (C=O) groups excluding carboxylic acids is 2. The fourth-order valence-electron chi connectivity index (χ4n) is 3.16. The van der Waals surface area contributed by atoms with Gasteiger partial charge < -0.3 is 5.32 Å². The van der Waals surface area contributed by atoms with Gasteiger partial charge >= 0.3 is 0 Å². The van der Waals surface area contributed by atoms with Gasteiger partial charge in [0.2, 0.25) is 0 Å². The van der Waals surface area contributed by atoms with E-state index in [2.05, 4.69) is 5.32 Å². The van der Waals surface area contributed by atoms with E-state index in [1.165, 1.54) is 6.07 Å². The van der Waals surface area contributed by atoms with E-state index < -0.39 is 23.4 Å². The van der Waals surface area contributed by atoms with Gasteiger partial charge in [0.15, 0.2) is 11.6 Å². The van der Waals surface area contributed by atoms with E-state index in [9.17, 15) is 18.4 Å². The maximum Gasteiger partial charge on any atom is 0.282 e. The summed E-state index contributed by atoms with van der Waals surface area (Å²) < 4.78 is 26.9. The molecular weight excluding hydrogens is 374 g/mol. The van der Waals surface area contributed by atoms with E-state index in [4.69, 9.17) is 0 Å². The van der Waals surface area contributed by atoms with Crippen molar-refractivity contribution in [3.05, 3.63) is 101 Å². The average Bonchev–Trinajstić information content (AvgIpc) is 2.96. The van der Waals surface area contributed by atoms with E-state index in [1.807, 2.05) is 6.92 Å². The summed E-state index contributed by atoms with van der Waals surface area (Å²) in [5.41, 5.74) is 2.31. The summed E-state index contributed by atoms with van der Waals surface area (Å²) in [7, 11) is 0. The van der Waals surface area contributed by atoms with Crippen molar-refractivity contribution in [3.8, 4) is 0 Å². The molecule has 1 N–H and O–H groups in total. The summed E-state index contributed by atoms with van der Waals surface area (Å²) in [6.07, 6.45) is 0. The highest BCUT2D eigenvalue weighted by atomic mass is 19.2. The predicted octanol–water partition coefficient (Wildman–Crippen LogP) is 4.67. The Balaban J connectivity index is 1.81. The SMILES string of the molecule is Cc1ccc(N2C(=O)C(Nc3ccc(F)c(F)c3)=C(c3ccccc3)C2=O)cc1. The molecule has 0 aromatic heterocycles. The van der Waals surface area contributed by atoms with Crippen LogP contribution in [0.25, 0.3) is 5.57 Å². The van der Waals surface area contributed by atoms with E-state index >= 15 is 0 Å². The first-order chi connectivity index (χ1) is 14.0. The minimum atomic E-state index is -1.05. The Labute approximate surface area is 166 Å². The Morgan fingerprint density at radius 1 is 0.793 bits per heavy atom. The van der Waals surface area contributed by atoms with Crippen LogP contribution >= 0.6 is 0 Å². The van der Waals surface area contributed by atoms with Gasteiger partial charge in [0.05, 0.1) is 11.3 Å². The predicted molar refractivity (Wildman–Crippen MR) is 107 cm³/mol. The Bertz CT molecular complexity index is 1140. The molecule has 0 aliphatic carbocycles. The molecule has 0 unspecified atom stereocenters. The Kier molecular flexibility index (Phi) is 4.68. The molecule has 29 heavy (non-hydrogen) atoms. The van der Waals surface area contributed by atoms with Gasteiger partial charge in [-0.15, -0.1) is 0 Å². The zero-order chi connectivity index (χ0) is 20.5. The van der Waals surface area contributed by atoms with Crippen molar-refractivity contribution < 1.29 is 18.4 Å². The highest BCUT2D eigenvalue weighted by Crippen LogP contribution is 2.33. The number of amides is 2. The van der Waals surface area contributed by atoms with Gasteiger partial charge in [-0.3, -0.25) is 9.59 Å². The van der Waals surface area contributed by atoms with Gasteiger partial charge in [-0.1, -0.05) is 48.0 Å². The van der Waals surface area contributed by atoms with Gasteiger partial charge in [0.25, 0.3) is 11.8 Å². The average molecular weight is 390 g/mol. The second-order valence-corrected chi connectivity index (χ2v) is 6.65. The molecule has 1 aliphatic rings. The molecule has 0 saturated heterocycles. The summed E-state index contributed by atoms with van der Waals surface area (Å²) in [6.45, 7) is 1.90. The topological polar surface area (TPSA) is 49.4 Å². The van der Waals surface area contributed by atoms with Crippen LogP contribution in [-0.4, -0.2) is 11.8 Å². The minimum absolute atomic E-state index is 0.00721. The fraction of sp³-hybridized carbons (Fsp3) is 0.0435. The lowest BCUT2D eigenvalue weighted by molar-refractivity contribution is -0.120. The van der Waals surface area contributed by atoms with Crippen molar-refractivity contribution in [2.24, 2.45) is 0 Å². The summed E-state index contributed by atoms with van der Waals surface area (Å²) in [4.78, 5) is 27.4. The van der Waals surface area contributed by atoms with E-state index in [-0.39, 0.29) is 17.0 Å². The lowest BCUT2D eigenvalue weighted by Crippen LogP contribution is -2.32. The fourth-order valence-corrected chi connectivity index (χ4v) is 3.16. The molecular formula is C23H16F2N2O2. The first kappa shape index (κ1) is 18.6. The van der Waals surface area contributed by atoms with Crippen molar-refractivity contribution in [3.63, 3.8) is 0 Å². The molecule has 0 bridgehead atoms. The maximum absolute atomic E-state index is 13.6. The largest absolute Gasteiger partial charge is 0.350 e. The second kappa shape index (κ2) is 7.31. The number of aryl methyl sites for hydroxylation is 1. The quantitative estimate of drug-likeness (QED) is 0.659. The monoisotopic (exact) mass is 390 g/mol. The number of halogens is 2. The Morgan fingerprint density at radius 3 is 2.14 bits per heavy atom. The van der Waals surface area contributed by atoms with Crippen molar-refractivity contribution in [2.45, 2.75) is 6.92 Å². The van der Waals surface area contributed by atoms with Crippen LogP contribution < -0.4 is 10.2 Å². The number of nitrogens with one attached hydrogen (secondary N) is 1. The molecule has 6 heteroatoms. The summed E-state index contributed by atoms with van der Waals surface area (Å²) in [5.74, 6) is -3.11. The molecule has 0 radical (unpaired) electrons. The number of rotatable bonds is 4. The standard InChI is InChI=1S/C23H16F2N2O2/c1-14-7-10-17(11-8-14)27-22(28)20(15-5-3-2-4-6-15)21(23(27)29)26-16-9-12-18(24)19(25)13-16/h2-13,26H,1H3. The summed E-state index contributed by atoms with van der Waals surface area (Å²) in [6, 6.07) is 18.9.